The van der Waals surface area contributed by atoms with Gasteiger partial charge in [0.25, 0.3) is 0 Å². The van der Waals surface area contributed by atoms with E-state index in [0.29, 0.717) is 18.4 Å². The molecule has 0 aliphatic carbocycles. The van der Waals surface area contributed by atoms with Gasteiger partial charge in [-0.3, -0.25) is 4.79 Å². The molecule has 1 atom stereocenters. The van der Waals surface area contributed by atoms with Crippen molar-refractivity contribution in [3.63, 3.8) is 0 Å². The molecule has 0 bridgehead atoms. The van der Waals surface area contributed by atoms with Gasteiger partial charge in [0, 0.05) is 31.3 Å². The molecule has 0 aromatic heterocycles. The number of nitrogens with one attached hydrogen (secondary N) is 1. The predicted molar refractivity (Wildman–Crippen MR) is 64.3 cm³/mol. The molecule has 0 aromatic carbocycles. The number of likely N-dealkylation sites (N-methyl/N-ethyl adjacent to an activating group) is 1. The van der Waals surface area contributed by atoms with Crippen molar-refractivity contribution < 1.29 is 4.79 Å². The average Bonchev–Trinajstić information content (AvgIpc) is 2.62. The van der Waals surface area contributed by atoms with Crippen molar-refractivity contribution in [2.24, 2.45) is 0 Å². The molecular formula is C9H19ClN2OS. The molecule has 0 radical (unpaired) electrons. The predicted octanol–water partition coefficient (Wildman–Crippen LogP) is 0.982. The summed E-state index contributed by atoms with van der Waals surface area (Å²) in [6.07, 6.45) is 3.83. The molecule has 84 valence electrons. The van der Waals surface area contributed by atoms with Crippen molar-refractivity contribution in [1.82, 2.24) is 10.2 Å². The molecule has 1 amide bonds. The molecule has 1 aliphatic heterocycles. The summed E-state index contributed by atoms with van der Waals surface area (Å²) < 4.78 is 0. The van der Waals surface area contributed by atoms with Crippen LogP contribution in [0.5, 0.6) is 0 Å². The Morgan fingerprint density at radius 3 is 2.86 bits per heavy atom. The van der Waals surface area contributed by atoms with Crippen molar-refractivity contribution >= 4 is 30.1 Å². The molecule has 0 spiro atoms. The summed E-state index contributed by atoms with van der Waals surface area (Å²) in [6, 6.07) is 0.512. The maximum Gasteiger partial charge on any atom is 0.223 e. The molecule has 1 fully saturated rings. The molecule has 14 heavy (non-hydrogen) atoms. The van der Waals surface area contributed by atoms with Gasteiger partial charge in [-0.1, -0.05) is 0 Å². The first-order chi connectivity index (χ1) is 6.27. The standard InChI is InChI=1S/C9H18N2OS.ClH/c1-10-8-3-5-11(7-8)9(12)4-6-13-2;/h8,10H,3-7H2,1-2H3;1H. The zero-order chi connectivity index (χ0) is 9.68. The van der Waals surface area contributed by atoms with E-state index in [0.717, 1.165) is 25.3 Å². The Morgan fingerprint density at radius 2 is 2.36 bits per heavy atom. The van der Waals surface area contributed by atoms with E-state index in [4.69, 9.17) is 0 Å². The summed E-state index contributed by atoms with van der Waals surface area (Å²) in [5.41, 5.74) is 0. The van der Waals surface area contributed by atoms with Gasteiger partial charge in [0.05, 0.1) is 0 Å². The van der Waals surface area contributed by atoms with Crippen LogP contribution in [0.1, 0.15) is 12.8 Å². The highest BCUT2D eigenvalue weighted by Crippen LogP contribution is 2.10. The number of hydrogen-bond acceptors (Lipinski definition) is 3. The third kappa shape index (κ3) is 4.07. The molecule has 1 heterocycles. The molecule has 1 unspecified atom stereocenters. The topological polar surface area (TPSA) is 32.3 Å². The van der Waals surface area contributed by atoms with E-state index in [2.05, 4.69) is 5.32 Å². The highest BCUT2D eigenvalue weighted by Gasteiger charge is 2.24. The first-order valence-corrected chi connectivity index (χ1v) is 6.11. The fourth-order valence-electron chi connectivity index (χ4n) is 1.57. The monoisotopic (exact) mass is 238 g/mol. The van der Waals surface area contributed by atoms with Crippen molar-refractivity contribution in [3.8, 4) is 0 Å². The van der Waals surface area contributed by atoms with Crippen LogP contribution in [0.4, 0.5) is 0 Å². The number of rotatable bonds is 4. The number of hydrogen-bond donors (Lipinski definition) is 1. The van der Waals surface area contributed by atoms with E-state index in [9.17, 15) is 4.79 Å². The number of carbonyl (C=O) groups excluding carboxylic acids is 1. The lowest BCUT2D eigenvalue weighted by atomic mass is 10.3. The van der Waals surface area contributed by atoms with E-state index in [-0.39, 0.29) is 12.4 Å². The Labute approximate surface area is 96.4 Å². The zero-order valence-corrected chi connectivity index (χ0v) is 10.4. The van der Waals surface area contributed by atoms with Gasteiger partial charge < -0.3 is 10.2 Å². The number of halogens is 1. The first kappa shape index (κ1) is 14.1. The van der Waals surface area contributed by atoms with Gasteiger partial charge >= 0.3 is 0 Å². The SMILES string of the molecule is CNC1CCN(C(=O)CCSC)C1.Cl. The van der Waals surface area contributed by atoms with Crippen molar-refractivity contribution in [2.45, 2.75) is 18.9 Å². The number of amides is 1. The molecule has 5 heteroatoms. The van der Waals surface area contributed by atoms with E-state index in [1.54, 1.807) is 11.8 Å². The highest BCUT2D eigenvalue weighted by molar-refractivity contribution is 7.98. The molecule has 3 nitrogen and oxygen atoms in total. The van der Waals surface area contributed by atoms with Crippen LogP contribution < -0.4 is 5.32 Å². The van der Waals surface area contributed by atoms with E-state index in [1.807, 2.05) is 18.2 Å². The summed E-state index contributed by atoms with van der Waals surface area (Å²) in [5.74, 6) is 1.26. The average molecular weight is 239 g/mol. The second-order valence-corrected chi connectivity index (χ2v) is 4.34. The Balaban J connectivity index is 0.00000169. The molecule has 0 aromatic rings. The summed E-state index contributed by atoms with van der Waals surface area (Å²) in [6.45, 7) is 1.82. The number of thioether (sulfide) groups is 1. The van der Waals surface area contributed by atoms with Gasteiger partial charge in [-0.2, -0.15) is 11.8 Å². The Kier molecular flexibility index (Phi) is 7.41. The van der Waals surface area contributed by atoms with Gasteiger partial charge in [0.2, 0.25) is 5.91 Å². The Bertz CT molecular complexity index is 180. The number of nitrogens with zero attached hydrogens (tertiary/aromatic N) is 1. The van der Waals surface area contributed by atoms with Crippen LogP contribution in [0.2, 0.25) is 0 Å². The summed E-state index contributed by atoms with van der Waals surface area (Å²) in [7, 11) is 1.96. The number of carbonyl (C=O) groups is 1. The third-order valence-corrected chi connectivity index (χ3v) is 3.08. The quantitative estimate of drug-likeness (QED) is 0.793. The molecule has 1 rings (SSSR count). The maximum absolute atomic E-state index is 11.6. The van der Waals surface area contributed by atoms with Crippen LogP contribution in [0.25, 0.3) is 0 Å². The van der Waals surface area contributed by atoms with Crippen molar-refractivity contribution in [3.05, 3.63) is 0 Å². The van der Waals surface area contributed by atoms with Gasteiger partial charge in [-0.25, -0.2) is 0 Å². The van der Waals surface area contributed by atoms with Gasteiger partial charge in [-0.15, -0.1) is 12.4 Å². The minimum atomic E-state index is 0. The lowest BCUT2D eigenvalue weighted by molar-refractivity contribution is -0.129. The maximum atomic E-state index is 11.6. The lowest BCUT2D eigenvalue weighted by Crippen LogP contribution is -2.33. The van der Waals surface area contributed by atoms with Crippen LogP contribution >= 0.6 is 24.2 Å². The number of likely N-dealkylation sites (tertiary alicyclic amines) is 1. The van der Waals surface area contributed by atoms with E-state index >= 15 is 0 Å². The molecular weight excluding hydrogens is 220 g/mol. The largest absolute Gasteiger partial charge is 0.341 e. The van der Waals surface area contributed by atoms with Crippen LogP contribution in [-0.2, 0) is 4.79 Å². The highest BCUT2D eigenvalue weighted by atomic mass is 35.5. The summed E-state index contributed by atoms with van der Waals surface area (Å²) >= 11 is 1.73. The fourth-order valence-corrected chi connectivity index (χ4v) is 1.95. The Hall–Kier alpha value is 0.0700. The Morgan fingerprint density at radius 1 is 1.64 bits per heavy atom. The molecule has 1 N–H and O–H groups in total. The minimum Gasteiger partial charge on any atom is -0.341 e. The fraction of sp³-hybridized carbons (Fsp3) is 0.889. The van der Waals surface area contributed by atoms with Crippen LogP contribution in [0.15, 0.2) is 0 Å². The first-order valence-electron chi connectivity index (χ1n) is 4.72. The van der Waals surface area contributed by atoms with Crippen LogP contribution in [-0.4, -0.2) is 49.0 Å². The van der Waals surface area contributed by atoms with Crippen molar-refractivity contribution in [1.29, 1.82) is 0 Å². The van der Waals surface area contributed by atoms with Gasteiger partial charge in [0.1, 0.15) is 0 Å². The smallest absolute Gasteiger partial charge is 0.223 e. The van der Waals surface area contributed by atoms with Crippen molar-refractivity contribution in [2.75, 3.05) is 32.1 Å². The summed E-state index contributed by atoms with van der Waals surface area (Å²) in [5, 5.41) is 3.21. The second kappa shape index (κ2) is 7.37. The van der Waals surface area contributed by atoms with E-state index < -0.39 is 0 Å². The molecule has 0 saturated carbocycles. The molecule has 1 aliphatic rings. The lowest BCUT2D eigenvalue weighted by Gasteiger charge is -2.15. The third-order valence-electron chi connectivity index (χ3n) is 2.47. The van der Waals surface area contributed by atoms with Gasteiger partial charge in [-0.05, 0) is 19.7 Å². The van der Waals surface area contributed by atoms with Crippen LogP contribution in [0, 0.1) is 0 Å². The molecule has 1 saturated heterocycles. The summed E-state index contributed by atoms with van der Waals surface area (Å²) in [4.78, 5) is 13.5. The van der Waals surface area contributed by atoms with E-state index in [1.165, 1.54) is 0 Å². The van der Waals surface area contributed by atoms with Crippen LogP contribution in [0.3, 0.4) is 0 Å². The minimum absolute atomic E-state index is 0. The normalized spacial score (nSPS) is 20.7. The zero-order valence-electron chi connectivity index (χ0n) is 8.78. The van der Waals surface area contributed by atoms with Gasteiger partial charge in [0.15, 0.2) is 0 Å². The second-order valence-electron chi connectivity index (χ2n) is 3.36.